The van der Waals surface area contributed by atoms with Crippen LogP contribution in [0.25, 0.3) is 0 Å². The zero-order chi connectivity index (χ0) is 12.6. The molecule has 3 rings (SSSR count). The number of carbonyl (C=O) groups excluding carboxylic acids is 1. The molecule has 1 aromatic rings. The van der Waals surface area contributed by atoms with Crippen molar-refractivity contribution in [1.29, 1.82) is 0 Å². The third-order valence-corrected chi connectivity index (χ3v) is 5.30. The second kappa shape index (κ2) is 4.67. The number of rotatable bonds is 4. The molecule has 0 spiro atoms. The van der Waals surface area contributed by atoms with Crippen molar-refractivity contribution in [3.8, 4) is 0 Å². The minimum atomic E-state index is 0.00179. The molecule has 2 aliphatic carbocycles. The van der Waals surface area contributed by atoms with Crippen LogP contribution in [0.3, 0.4) is 0 Å². The van der Waals surface area contributed by atoms with E-state index in [0.717, 1.165) is 32.1 Å². The maximum Gasteiger partial charge on any atom is 0.227 e. The number of carbonyl (C=O) groups is 1. The minimum absolute atomic E-state index is 0.00179. The first-order valence-corrected chi connectivity index (χ1v) is 7.57. The molecule has 2 N–H and O–H groups in total. The van der Waals surface area contributed by atoms with Crippen LogP contribution in [-0.2, 0) is 11.2 Å². The lowest BCUT2D eigenvalue weighted by Gasteiger charge is -2.23. The summed E-state index contributed by atoms with van der Waals surface area (Å²) in [5.74, 6) is 0.184. The Bertz CT molecular complexity index is 450. The van der Waals surface area contributed by atoms with Crippen LogP contribution in [0.15, 0.2) is 11.4 Å². The molecular weight excluding hydrogens is 246 g/mol. The Labute approximate surface area is 111 Å². The van der Waals surface area contributed by atoms with E-state index in [9.17, 15) is 9.90 Å². The third-order valence-electron chi connectivity index (χ3n) is 4.30. The predicted octanol–water partition coefficient (Wildman–Crippen LogP) is 2.06. The van der Waals surface area contributed by atoms with Gasteiger partial charge in [0.15, 0.2) is 0 Å². The van der Waals surface area contributed by atoms with Crippen LogP contribution >= 0.6 is 11.3 Å². The molecule has 4 heteroatoms. The molecule has 18 heavy (non-hydrogen) atoms. The fourth-order valence-electron chi connectivity index (χ4n) is 2.72. The fraction of sp³-hybridized carbons (Fsp3) is 0.643. The summed E-state index contributed by atoms with van der Waals surface area (Å²) in [6, 6.07) is 2.10. The normalized spacial score (nSPS) is 24.4. The van der Waals surface area contributed by atoms with Gasteiger partial charge >= 0.3 is 0 Å². The maximum absolute atomic E-state index is 12.3. The van der Waals surface area contributed by atoms with E-state index in [2.05, 4.69) is 16.8 Å². The first kappa shape index (κ1) is 12.2. The molecule has 98 valence electrons. The zero-order valence-electron chi connectivity index (χ0n) is 10.4. The lowest BCUT2D eigenvalue weighted by atomic mass is 9.87. The average Bonchev–Trinajstić information content (AvgIpc) is 3.03. The van der Waals surface area contributed by atoms with Crippen molar-refractivity contribution in [3.05, 3.63) is 21.9 Å². The molecule has 1 unspecified atom stereocenters. The first-order chi connectivity index (χ1) is 8.74. The number of aliphatic hydroxyl groups excluding tert-OH is 1. The van der Waals surface area contributed by atoms with Crippen molar-refractivity contribution in [3.63, 3.8) is 0 Å². The fourth-order valence-corrected chi connectivity index (χ4v) is 3.71. The van der Waals surface area contributed by atoms with Gasteiger partial charge in [-0.25, -0.2) is 0 Å². The average molecular weight is 265 g/mol. The number of hydrogen-bond donors (Lipinski definition) is 2. The SMILES string of the molecule is O=C(NCC1(CO)CC1)C1CCCc2sccc21. The van der Waals surface area contributed by atoms with E-state index in [1.165, 1.54) is 10.4 Å². The van der Waals surface area contributed by atoms with Crippen molar-refractivity contribution < 1.29 is 9.90 Å². The first-order valence-electron chi connectivity index (χ1n) is 6.69. The maximum atomic E-state index is 12.3. The van der Waals surface area contributed by atoms with Crippen molar-refractivity contribution in [2.24, 2.45) is 5.41 Å². The number of nitrogens with one attached hydrogen (secondary N) is 1. The summed E-state index contributed by atoms with van der Waals surface area (Å²) >= 11 is 1.77. The molecule has 1 saturated carbocycles. The highest BCUT2D eigenvalue weighted by atomic mass is 32.1. The van der Waals surface area contributed by atoms with Gasteiger partial charge in [0.05, 0.1) is 12.5 Å². The Morgan fingerprint density at radius 2 is 2.39 bits per heavy atom. The van der Waals surface area contributed by atoms with Crippen molar-refractivity contribution in [1.82, 2.24) is 5.32 Å². The second-order valence-corrected chi connectivity index (χ2v) is 6.62. The van der Waals surface area contributed by atoms with Crippen LogP contribution < -0.4 is 5.32 Å². The van der Waals surface area contributed by atoms with Crippen LogP contribution in [0.5, 0.6) is 0 Å². The highest BCUT2D eigenvalue weighted by molar-refractivity contribution is 7.10. The van der Waals surface area contributed by atoms with Crippen molar-refractivity contribution in [2.45, 2.75) is 38.0 Å². The molecule has 1 aromatic heterocycles. The molecule has 0 aliphatic heterocycles. The van der Waals surface area contributed by atoms with Crippen LogP contribution in [0.1, 0.15) is 42.0 Å². The summed E-state index contributed by atoms with van der Waals surface area (Å²) in [6.07, 6.45) is 5.27. The molecular formula is C14H19NO2S. The number of thiophene rings is 1. The molecule has 2 aliphatic rings. The van der Waals surface area contributed by atoms with Crippen LogP contribution in [-0.4, -0.2) is 24.2 Å². The van der Waals surface area contributed by atoms with Gasteiger partial charge in [-0.2, -0.15) is 0 Å². The summed E-state index contributed by atoms with van der Waals surface area (Å²) < 4.78 is 0. The Morgan fingerprint density at radius 3 is 3.11 bits per heavy atom. The van der Waals surface area contributed by atoms with Crippen LogP contribution in [0, 0.1) is 5.41 Å². The smallest absolute Gasteiger partial charge is 0.227 e. The van der Waals surface area contributed by atoms with E-state index in [-0.39, 0.29) is 23.8 Å². The van der Waals surface area contributed by atoms with Gasteiger partial charge < -0.3 is 10.4 Å². The minimum Gasteiger partial charge on any atom is -0.396 e. The van der Waals surface area contributed by atoms with Gasteiger partial charge in [-0.05, 0) is 49.1 Å². The number of amides is 1. The van der Waals surface area contributed by atoms with Crippen molar-refractivity contribution >= 4 is 17.2 Å². The highest BCUT2D eigenvalue weighted by Crippen LogP contribution is 2.44. The lowest BCUT2D eigenvalue weighted by molar-refractivity contribution is -0.123. The molecule has 1 atom stereocenters. The lowest BCUT2D eigenvalue weighted by Crippen LogP contribution is -2.36. The number of aryl methyl sites for hydroxylation is 1. The Morgan fingerprint density at radius 1 is 1.56 bits per heavy atom. The van der Waals surface area contributed by atoms with Crippen molar-refractivity contribution in [2.75, 3.05) is 13.2 Å². The summed E-state index contributed by atoms with van der Waals surface area (Å²) in [6.45, 7) is 0.833. The van der Waals surface area contributed by atoms with E-state index in [1.807, 2.05) is 0 Å². The molecule has 0 radical (unpaired) electrons. The summed E-state index contributed by atoms with van der Waals surface area (Å²) in [4.78, 5) is 13.6. The molecule has 3 nitrogen and oxygen atoms in total. The summed E-state index contributed by atoms with van der Waals surface area (Å²) in [5, 5.41) is 14.4. The van der Waals surface area contributed by atoms with Gasteiger partial charge in [-0.15, -0.1) is 11.3 Å². The third kappa shape index (κ3) is 2.19. The standard InChI is InChI=1S/C14H19NO2S/c16-9-14(5-6-14)8-15-13(17)11-2-1-3-12-10(11)4-7-18-12/h4,7,11,16H,1-3,5-6,8-9H2,(H,15,17). The number of fused-ring (bicyclic) bond motifs is 1. The molecule has 1 fully saturated rings. The Hall–Kier alpha value is -0.870. The van der Waals surface area contributed by atoms with Gasteiger partial charge in [0, 0.05) is 16.8 Å². The summed E-state index contributed by atoms with van der Waals surface area (Å²) in [5.41, 5.74) is 1.24. The number of hydrogen-bond acceptors (Lipinski definition) is 3. The molecule has 0 bridgehead atoms. The monoisotopic (exact) mass is 265 g/mol. The number of aliphatic hydroxyl groups is 1. The van der Waals surface area contributed by atoms with E-state index in [1.54, 1.807) is 11.3 Å². The van der Waals surface area contributed by atoms with Gasteiger partial charge in [0.2, 0.25) is 5.91 Å². The topological polar surface area (TPSA) is 49.3 Å². The zero-order valence-corrected chi connectivity index (χ0v) is 11.3. The van der Waals surface area contributed by atoms with E-state index >= 15 is 0 Å². The Balaban J connectivity index is 1.64. The van der Waals surface area contributed by atoms with E-state index < -0.39 is 0 Å². The van der Waals surface area contributed by atoms with Gasteiger partial charge in [0.25, 0.3) is 0 Å². The summed E-state index contributed by atoms with van der Waals surface area (Å²) in [7, 11) is 0. The molecule has 1 heterocycles. The highest BCUT2D eigenvalue weighted by Gasteiger charge is 2.42. The quantitative estimate of drug-likeness (QED) is 0.875. The van der Waals surface area contributed by atoms with Crippen LogP contribution in [0.2, 0.25) is 0 Å². The van der Waals surface area contributed by atoms with Gasteiger partial charge in [0.1, 0.15) is 0 Å². The van der Waals surface area contributed by atoms with Crippen LogP contribution in [0.4, 0.5) is 0 Å². The molecule has 1 amide bonds. The molecule has 0 aromatic carbocycles. The largest absolute Gasteiger partial charge is 0.396 e. The second-order valence-electron chi connectivity index (χ2n) is 5.62. The van der Waals surface area contributed by atoms with Gasteiger partial charge in [-0.1, -0.05) is 0 Å². The van der Waals surface area contributed by atoms with Gasteiger partial charge in [-0.3, -0.25) is 4.79 Å². The van der Waals surface area contributed by atoms with E-state index in [4.69, 9.17) is 0 Å². The van der Waals surface area contributed by atoms with E-state index in [0.29, 0.717) is 6.54 Å². The molecule has 0 saturated heterocycles. The predicted molar refractivity (Wildman–Crippen MR) is 71.8 cm³/mol. The Kier molecular flexibility index (Phi) is 3.16.